The van der Waals surface area contributed by atoms with Gasteiger partial charge in [0.2, 0.25) is 5.91 Å². The summed E-state index contributed by atoms with van der Waals surface area (Å²) >= 11 is 6.03. The van der Waals surface area contributed by atoms with E-state index in [2.05, 4.69) is 5.32 Å². The molecule has 8 heteroatoms. The van der Waals surface area contributed by atoms with E-state index in [1.165, 1.54) is 6.07 Å². The minimum absolute atomic E-state index is 0.0885. The molecular weight excluding hydrogens is 343 g/mol. The minimum atomic E-state index is -2.95. The third kappa shape index (κ3) is 4.02. The predicted molar refractivity (Wildman–Crippen MR) is 85.8 cm³/mol. The van der Waals surface area contributed by atoms with Gasteiger partial charge in [0.25, 0.3) is 0 Å². The van der Waals surface area contributed by atoms with E-state index in [0.29, 0.717) is 30.1 Å². The predicted octanol–water partition coefficient (Wildman–Crippen LogP) is 1.18. The van der Waals surface area contributed by atoms with Crippen molar-refractivity contribution >= 4 is 27.3 Å². The van der Waals surface area contributed by atoms with Gasteiger partial charge in [-0.15, -0.1) is 0 Å². The van der Waals surface area contributed by atoms with Gasteiger partial charge in [-0.05, 0) is 18.6 Å². The molecule has 1 N–H and O–H groups in total. The molecule has 1 aromatic carbocycles. The summed E-state index contributed by atoms with van der Waals surface area (Å²) in [6.45, 7) is 0.926. The molecule has 2 atom stereocenters. The molecule has 0 bridgehead atoms. The van der Waals surface area contributed by atoms with Crippen molar-refractivity contribution in [2.75, 3.05) is 31.1 Å². The summed E-state index contributed by atoms with van der Waals surface area (Å²) in [6, 6.07) is 4.46. The molecule has 5 nitrogen and oxygen atoms in total. The zero-order valence-electron chi connectivity index (χ0n) is 12.5. The second kappa shape index (κ2) is 6.37. The van der Waals surface area contributed by atoms with Gasteiger partial charge >= 0.3 is 0 Å². The normalized spacial score (nSPS) is 26.7. The first-order chi connectivity index (χ1) is 10.9. The largest absolute Gasteiger partial charge is 0.352 e. The fourth-order valence-corrected chi connectivity index (χ4v) is 4.48. The molecule has 0 aromatic heterocycles. The smallest absolute Gasteiger partial charge is 0.234 e. The molecule has 1 saturated heterocycles. The van der Waals surface area contributed by atoms with Gasteiger partial charge in [0.15, 0.2) is 9.84 Å². The number of hydrogen-bond donors (Lipinski definition) is 1. The Morgan fingerprint density at radius 2 is 2.04 bits per heavy atom. The summed E-state index contributed by atoms with van der Waals surface area (Å²) in [5.74, 6) is -0.409. The molecule has 1 heterocycles. The minimum Gasteiger partial charge on any atom is -0.352 e. The zero-order chi connectivity index (χ0) is 16.6. The summed E-state index contributed by atoms with van der Waals surface area (Å²) in [6.07, 6.45) is 0.667. The summed E-state index contributed by atoms with van der Waals surface area (Å²) < 4.78 is 36.6. The highest BCUT2D eigenvalue weighted by atomic mass is 35.5. The molecule has 1 aromatic rings. The van der Waals surface area contributed by atoms with Gasteiger partial charge in [-0.3, -0.25) is 9.69 Å². The fraction of sp³-hybridized carbons (Fsp3) is 0.533. The van der Waals surface area contributed by atoms with Gasteiger partial charge in [0.1, 0.15) is 5.82 Å². The number of carbonyl (C=O) groups excluding carboxylic acids is 1. The molecule has 2 aliphatic rings. The number of amides is 1. The van der Waals surface area contributed by atoms with Crippen LogP contribution < -0.4 is 5.32 Å². The Bertz CT molecular complexity index is 691. The first kappa shape index (κ1) is 16.7. The topological polar surface area (TPSA) is 66.5 Å². The van der Waals surface area contributed by atoms with Crippen LogP contribution in [-0.4, -0.2) is 56.4 Å². The Morgan fingerprint density at radius 3 is 2.70 bits per heavy atom. The number of nitrogens with zero attached hydrogens (tertiary/aromatic N) is 1. The van der Waals surface area contributed by atoms with E-state index < -0.39 is 9.84 Å². The molecule has 1 aliphatic carbocycles. The second-order valence-electron chi connectivity index (χ2n) is 6.08. The lowest BCUT2D eigenvalue weighted by atomic mass is 10.1. The number of sulfone groups is 1. The van der Waals surface area contributed by atoms with Crippen LogP contribution in [0.25, 0.3) is 0 Å². The van der Waals surface area contributed by atoms with Gasteiger partial charge in [-0.2, -0.15) is 0 Å². The Hall–Kier alpha value is -1.18. The third-order valence-electron chi connectivity index (χ3n) is 4.31. The van der Waals surface area contributed by atoms with Gasteiger partial charge in [0, 0.05) is 35.6 Å². The molecule has 23 heavy (non-hydrogen) atoms. The molecule has 126 valence electrons. The summed E-state index contributed by atoms with van der Waals surface area (Å²) in [7, 11) is -2.95. The van der Waals surface area contributed by atoms with Crippen LogP contribution in [0.5, 0.6) is 0 Å². The highest BCUT2D eigenvalue weighted by Crippen LogP contribution is 2.44. The van der Waals surface area contributed by atoms with E-state index >= 15 is 0 Å². The van der Waals surface area contributed by atoms with E-state index in [4.69, 9.17) is 11.6 Å². The average molecular weight is 361 g/mol. The van der Waals surface area contributed by atoms with E-state index in [1.54, 1.807) is 12.1 Å². The van der Waals surface area contributed by atoms with Crippen LogP contribution in [0.15, 0.2) is 18.2 Å². The Morgan fingerprint density at radius 1 is 1.35 bits per heavy atom. The van der Waals surface area contributed by atoms with Crippen molar-refractivity contribution in [3.05, 3.63) is 34.6 Å². The van der Waals surface area contributed by atoms with Crippen molar-refractivity contribution < 1.29 is 17.6 Å². The van der Waals surface area contributed by atoms with E-state index in [9.17, 15) is 17.6 Å². The number of nitrogens with one attached hydrogen (secondary N) is 1. The lowest BCUT2D eigenvalue weighted by Crippen LogP contribution is -2.45. The van der Waals surface area contributed by atoms with Crippen LogP contribution >= 0.6 is 11.6 Å². The monoisotopic (exact) mass is 360 g/mol. The van der Waals surface area contributed by atoms with Crippen LogP contribution in [0, 0.1) is 5.82 Å². The lowest BCUT2D eigenvalue weighted by molar-refractivity contribution is -0.122. The highest BCUT2D eigenvalue weighted by molar-refractivity contribution is 7.91. The first-order valence-corrected chi connectivity index (χ1v) is 9.72. The van der Waals surface area contributed by atoms with Crippen LogP contribution in [0.2, 0.25) is 5.02 Å². The lowest BCUT2D eigenvalue weighted by Gasteiger charge is -2.25. The zero-order valence-corrected chi connectivity index (χ0v) is 14.0. The van der Waals surface area contributed by atoms with Gasteiger partial charge in [0.05, 0.1) is 18.1 Å². The molecule has 1 aliphatic heterocycles. The summed E-state index contributed by atoms with van der Waals surface area (Å²) in [5.41, 5.74) is 0.462. The van der Waals surface area contributed by atoms with Crippen LogP contribution in [0.3, 0.4) is 0 Å². The van der Waals surface area contributed by atoms with Crippen molar-refractivity contribution in [2.24, 2.45) is 0 Å². The van der Waals surface area contributed by atoms with Crippen molar-refractivity contribution in [3.63, 3.8) is 0 Å². The molecule has 3 rings (SSSR count). The maximum Gasteiger partial charge on any atom is 0.234 e. The first-order valence-electron chi connectivity index (χ1n) is 7.52. The Labute approximate surface area is 139 Å². The molecule has 1 saturated carbocycles. The van der Waals surface area contributed by atoms with Crippen LogP contribution in [0.4, 0.5) is 4.39 Å². The number of hydrogen-bond acceptors (Lipinski definition) is 4. The summed E-state index contributed by atoms with van der Waals surface area (Å²) in [4.78, 5) is 13.9. The van der Waals surface area contributed by atoms with Crippen LogP contribution in [0.1, 0.15) is 17.9 Å². The molecular formula is C15H18ClFN2O3S. The van der Waals surface area contributed by atoms with Crippen LogP contribution in [-0.2, 0) is 14.6 Å². The number of benzene rings is 1. The molecule has 0 radical (unpaired) electrons. The number of halogens is 2. The molecule has 0 spiro atoms. The maximum absolute atomic E-state index is 13.8. The standard InChI is InChI=1S/C15H18ClFN2O3S/c16-11-2-1-3-12(17)15(11)10-8-13(10)18-14(20)9-19-4-6-23(21,22)7-5-19/h1-3,10,13H,4-9H2,(H,18,20)/t10-,13-/m1/s1. The van der Waals surface area contributed by atoms with Gasteiger partial charge in [-0.1, -0.05) is 17.7 Å². The van der Waals surface area contributed by atoms with E-state index in [0.717, 1.165) is 0 Å². The number of carbonyl (C=O) groups is 1. The van der Waals surface area contributed by atoms with E-state index in [-0.39, 0.29) is 41.7 Å². The quantitative estimate of drug-likeness (QED) is 0.875. The Kier molecular flexibility index (Phi) is 4.62. The summed E-state index contributed by atoms with van der Waals surface area (Å²) in [5, 5.41) is 3.25. The molecule has 1 amide bonds. The van der Waals surface area contributed by atoms with Crippen molar-refractivity contribution in [1.82, 2.24) is 10.2 Å². The van der Waals surface area contributed by atoms with Gasteiger partial charge in [-0.25, -0.2) is 12.8 Å². The SMILES string of the molecule is O=C(CN1CCS(=O)(=O)CC1)N[C@@H]1C[C@H]1c1c(F)cccc1Cl. The molecule has 0 unspecified atom stereocenters. The Balaban J connectivity index is 1.51. The van der Waals surface area contributed by atoms with E-state index in [1.807, 2.05) is 4.90 Å². The maximum atomic E-state index is 13.8. The van der Waals surface area contributed by atoms with Crippen molar-refractivity contribution in [3.8, 4) is 0 Å². The van der Waals surface area contributed by atoms with Crippen molar-refractivity contribution in [2.45, 2.75) is 18.4 Å². The fourth-order valence-electron chi connectivity index (χ4n) is 2.90. The third-order valence-corrected chi connectivity index (χ3v) is 6.25. The molecule has 2 fully saturated rings. The van der Waals surface area contributed by atoms with Gasteiger partial charge < -0.3 is 5.32 Å². The highest BCUT2D eigenvalue weighted by Gasteiger charge is 2.42. The van der Waals surface area contributed by atoms with Crippen molar-refractivity contribution in [1.29, 1.82) is 0 Å². The average Bonchev–Trinajstić information content (AvgIpc) is 3.20. The number of rotatable bonds is 4. The second-order valence-corrected chi connectivity index (χ2v) is 8.79.